The molecule has 100 valence electrons. The maximum atomic E-state index is 10.4. The van der Waals surface area contributed by atoms with Crippen molar-refractivity contribution in [1.82, 2.24) is 0 Å². The first-order chi connectivity index (χ1) is 8.19. The van der Waals surface area contributed by atoms with Crippen molar-refractivity contribution in [3.05, 3.63) is 0 Å². The predicted molar refractivity (Wildman–Crippen MR) is 70.0 cm³/mol. The molecule has 0 aliphatic heterocycles. The summed E-state index contributed by atoms with van der Waals surface area (Å²) in [6, 6.07) is 0. The lowest BCUT2D eigenvalue weighted by Crippen LogP contribution is -2.44. The monoisotopic (exact) mass is 240 g/mol. The molecule has 17 heavy (non-hydrogen) atoms. The molecule has 0 saturated heterocycles. The molecular weight excluding hydrogens is 212 g/mol. The number of rotatable bonds is 5. The minimum absolute atomic E-state index is 0.0264. The van der Waals surface area contributed by atoms with E-state index in [0.29, 0.717) is 5.92 Å². The summed E-state index contributed by atoms with van der Waals surface area (Å²) < 4.78 is 5.63. The first kappa shape index (κ1) is 13.4. The van der Waals surface area contributed by atoms with Gasteiger partial charge >= 0.3 is 0 Å². The number of hydrogen-bond donors (Lipinski definition) is 1. The lowest BCUT2D eigenvalue weighted by Gasteiger charge is -2.44. The Morgan fingerprint density at radius 1 is 1.29 bits per heavy atom. The van der Waals surface area contributed by atoms with Crippen molar-refractivity contribution in [2.75, 3.05) is 7.11 Å². The van der Waals surface area contributed by atoms with Crippen LogP contribution in [0.4, 0.5) is 0 Å². The number of methoxy groups -OCH3 is 1. The number of aliphatic hydroxyl groups excluding tert-OH is 1. The molecule has 0 bridgehead atoms. The topological polar surface area (TPSA) is 29.5 Å². The van der Waals surface area contributed by atoms with Crippen LogP contribution in [0.1, 0.15) is 64.7 Å². The summed E-state index contributed by atoms with van der Waals surface area (Å²) in [4.78, 5) is 0. The van der Waals surface area contributed by atoms with E-state index in [9.17, 15) is 5.11 Å². The molecule has 2 nitrogen and oxygen atoms in total. The summed E-state index contributed by atoms with van der Waals surface area (Å²) in [6.45, 7) is 2.28. The Labute approximate surface area is 106 Å². The highest BCUT2D eigenvalue weighted by molar-refractivity contribution is 4.93. The predicted octanol–water partition coefficient (Wildman–Crippen LogP) is 3.52. The molecule has 0 aromatic carbocycles. The van der Waals surface area contributed by atoms with Crippen molar-refractivity contribution in [3.63, 3.8) is 0 Å². The van der Waals surface area contributed by atoms with Crippen LogP contribution >= 0.6 is 0 Å². The summed E-state index contributed by atoms with van der Waals surface area (Å²) in [7, 11) is 1.81. The normalized spacial score (nSPS) is 34.1. The minimum atomic E-state index is -0.135. The van der Waals surface area contributed by atoms with Crippen LogP contribution in [0.25, 0.3) is 0 Å². The van der Waals surface area contributed by atoms with Gasteiger partial charge in [0.05, 0.1) is 11.7 Å². The van der Waals surface area contributed by atoms with Crippen LogP contribution in [0.5, 0.6) is 0 Å². The van der Waals surface area contributed by atoms with E-state index in [2.05, 4.69) is 6.92 Å². The molecule has 3 atom stereocenters. The van der Waals surface area contributed by atoms with E-state index < -0.39 is 0 Å². The Morgan fingerprint density at radius 3 is 2.59 bits per heavy atom. The summed E-state index contributed by atoms with van der Waals surface area (Å²) >= 11 is 0. The van der Waals surface area contributed by atoms with Gasteiger partial charge in [0, 0.05) is 13.5 Å². The lowest BCUT2D eigenvalue weighted by molar-refractivity contribution is -0.110. The zero-order valence-corrected chi connectivity index (χ0v) is 11.5. The van der Waals surface area contributed by atoms with Crippen LogP contribution in [0.3, 0.4) is 0 Å². The van der Waals surface area contributed by atoms with Crippen molar-refractivity contribution in [3.8, 4) is 0 Å². The highest BCUT2D eigenvalue weighted by Gasteiger charge is 2.40. The van der Waals surface area contributed by atoms with E-state index in [0.717, 1.165) is 25.2 Å². The third-order valence-electron chi connectivity index (χ3n) is 5.22. The zero-order valence-electron chi connectivity index (χ0n) is 11.5. The summed E-state index contributed by atoms with van der Waals surface area (Å²) in [5, 5.41) is 10.4. The Morgan fingerprint density at radius 2 is 2.06 bits per heavy atom. The van der Waals surface area contributed by atoms with Crippen LogP contribution in [-0.2, 0) is 4.74 Å². The Bertz CT molecular complexity index is 230. The average molecular weight is 240 g/mol. The molecule has 2 rings (SSSR count). The fourth-order valence-electron chi connectivity index (χ4n) is 3.66. The molecule has 0 heterocycles. The molecule has 0 amide bonds. The third kappa shape index (κ3) is 3.03. The molecule has 2 heteroatoms. The van der Waals surface area contributed by atoms with E-state index in [1.807, 2.05) is 7.11 Å². The molecular formula is C15H28O2. The molecule has 0 radical (unpaired) electrons. The van der Waals surface area contributed by atoms with Crippen molar-refractivity contribution in [2.24, 2.45) is 11.8 Å². The number of aliphatic hydroxyl groups is 1. The van der Waals surface area contributed by atoms with E-state index in [4.69, 9.17) is 4.74 Å². The molecule has 0 spiro atoms. The largest absolute Gasteiger partial charge is 0.393 e. The van der Waals surface area contributed by atoms with Gasteiger partial charge in [0.25, 0.3) is 0 Å². The highest BCUT2D eigenvalue weighted by atomic mass is 16.5. The van der Waals surface area contributed by atoms with Crippen LogP contribution in [0.2, 0.25) is 0 Å². The maximum Gasteiger partial charge on any atom is 0.0703 e. The van der Waals surface area contributed by atoms with E-state index in [1.54, 1.807) is 0 Å². The van der Waals surface area contributed by atoms with Gasteiger partial charge in [-0.2, -0.15) is 0 Å². The third-order valence-corrected chi connectivity index (χ3v) is 5.22. The molecule has 2 saturated carbocycles. The first-order valence-corrected chi connectivity index (χ1v) is 7.42. The first-order valence-electron chi connectivity index (χ1n) is 7.42. The van der Waals surface area contributed by atoms with Gasteiger partial charge in [-0.1, -0.05) is 26.2 Å². The van der Waals surface area contributed by atoms with Crippen molar-refractivity contribution in [2.45, 2.75) is 76.4 Å². The van der Waals surface area contributed by atoms with Crippen LogP contribution in [0.15, 0.2) is 0 Å². The SMILES string of the molecule is CCC1CCCC(C(O)CC2(OC)CCC2)C1. The van der Waals surface area contributed by atoms with Gasteiger partial charge in [0.2, 0.25) is 0 Å². The second-order valence-electron chi connectivity index (χ2n) is 6.21. The van der Waals surface area contributed by atoms with Crippen molar-refractivity contribution >= 4 is 0 Å². The summed E-state index contributed by atoms with van der Waals surface area (Å²) in [6.07, 6.45) is 10.7. The fourth-order valence-corrected chi connectivity index (χ4v) is 3.66. The smallest absolute Gasteiger partial charge is 0.0703 e. The van der Waals surface area contributed by atoms with Gasteiger partial charge in [-0.05, 0) is 43.9 Å². The second kappa shape index (κ2) is 5.71. The van der Waals surface area contributed by atoms with E-state index >= 15 is 0 Å². The van der Waals surface area contributed by atoms with Gasteiger partial charge in [-0.15, -0.1) is 0 Å². The standard InChI is InChI=1S/C15H28O2/c1-3-12-6-4-7-13(10-12)14(16)11-15(17-2)8-5-9-15/h12-14,16H,3-11H2,1-2H3. The van der Waals surface area contributed by atoms with Crippen LogP contribution in [-0.4, -0.2) is 23.9 Å². The second-order valence-corrected chi connectivity index (χ2v) is 6.21. The molecule has 3 unspecified atom stereocenters. The number of hydrogen-bond acceptors (Lipinski definition) is 2. The van der Waals surface area contributed by atoms with Gasteiger partial charge in [0.15, 0.2) is 0 Å². The zero-order chi connectivity index (χ0) is 12.3. The lowest BCUT2D eigenvalue weighted by atomic mass is 9.71. The summed E-state index contributed by atoms with van der Waals surface area (Å²) in [5.74, 6) is 1.38. The van der Waals surface area contributed by atoms with Crippen molar-refractivity contribution < 1.29 is 9.84 Å². The van der Waals surface area contributed by atoms with E-state index in [-0.39, 0.29) is 11.7 Å². The van der Waals surface area contributed by atoms with E-state index in [1.165, 1.54) is 38.5 Å². The molecule has 2 aliphatic carbocycles. The summed E-state index contributed by atoms with van der Waals surface area (Å²) in [5.41, 5.74) is 0.0264. The van der Waals surface area contributed by atoms with Gasteiger partial charge in [-0.25, -0.2) is 0 Å². The molecule has 1 N–H and O–H groups in total. The molecule has 2 aliphatic rings. The molecule has 0 aromatic rings. The molecule has 2 fully saturated rings. The van der Waals surface area contributed by atoms with Crippen LogP contribution < -0.4 is 0 Å². The Balaban J connectivity index is 1.84. The quantitative estimate of drug-likeness (QED) is 0.796. The Hall–Kier alpha value is -0.0800. The van der Waals surface area contributed by atoms with Gasteiger partial charge in [0.1, 0.15) is 0 Å². The molecule has 0 aromatic heterocycles. The van der Waals surface area contributed by atoms with Crippen molar-refractivity contribution in [1.29, 1.82) is 0 Å². The number of ether oxygens (including phenoxy) is 1. The minimum Gasteiger partial charge on any atom is -0.393 e. The fraction of sp³-hybridized carbons (Fsp3) is 1.00. The maximum absolute atomic E-state index is 10.4. The Kier molecular flexibility index (Phi) is 4.48. The van der Waals surface area contributed by atoms with Crippen LogP contribution in [0, 0.1) is 11.8 Å². The average Bonchev–Trinajstić information content (AvgIpc) is 2.33. The highest BCUT2D eigenvalue weighted by Crippen LogP contribution is 2.42. The van der Waals surface area contributed by atoms with Gasteiger partial charge in [-0.3, -0.25) is 0 Å². The van der Waals surface area contributed by atoms with Gasteiger partial charge < -0.3 is 9.84 Å².